The standard InChI is InChI=1S/C23H23N3O2S/c1-16(27)24-18-7-9-19(10-8-18)25-22(28)15-26-13-11-21-20(12-14-29-21)23(26)17-5-3-2-4-6-17/h2-10,12,14,23H,11,13,15H2,1H3,(H,24,27)(H,25,28)/t23-/m1/s1. The third-order valence-corrected chi connectivity index (χ3v) is 6.01. The number of carbonyl (C=O) groups is 2. The van der Waals surface area contributed by atoms with Crippen molar-refractivity contribution in [2.24, 2.45) is 0 Å². The zero-order valence-corrected chi connectivity index (χ0v) is 17.0. The van der Waals surface area contributed by atoms with E-state index in [-0.39, 0.29) is 17.9 Å². The Hall–Kier alpha value is -2.96. The predicted octanol–water partition coefficient (Wildman–Crippen LogP) is 4.29. The number of thiophene rings is 1. The first-order valence-electron chi connectivity index (χ1n) is 9.63. The molecule has 1 atom stereocenters. The molecule has 2 heterocycles. The second-order valence-corrected chi connectivity index (χ2v) is 8.14. The largest absolute Gasteiger partial charge is 0.326 e. The highest BCUT2D eigenvalue weighted by atomic mass is 32.1. The van der Waals surface area contributed by atoms with Gasteiger partial charge in [0.05, 0.1) is 12.6 Å². The highest BCUT2D eigenvalue weighted by Gasteiger charge is 2.30. The van der Waals surface area contributed by atoms with Gasteiger partial charge in [0.1, 0.15) is 0 Å². The van der Waals surface area contributed by atoms with Gasteiger partial charge in [-0.3, -0.25) is 14.5 Å². The van der Waals surface area contributed by atoms with Crippen molar-refractivity contribution in [2.75, 3.05) is 23.7 Å². The summed E-state index contributed by atoms with van der Waals surface area (Å²) in [5.74, 6) is -0.163. The summed E-state index contributed by atoms with van der Waals surface area (Å²) < 4.78 is 0. The van der Waals surface area contributed by atoms with Crippen molar-refractivity contribution in [3.63, 3.8) is 0 Å². The average Bonchev–Trinajstić information content (AvgIpc) is 3.18. The van der Waals surface area contributed by atoms with Gasteiger partial charge in [0.25, 0.3) is 0 Å². The first-order chi connectivity index (χ1) is 14.1. The summed E-state index contributed by atoms with van der Waals surface area (Å²) in [6.45, 7) is 2.64. The van der Waals surface area contributed by atoms with Crippen LogP contribution < -0.4 is 10.6 Å². The molecule has 1 aromatic heterocycles. The number of fused-ring (bicyclic) bond motifs is 1. The zero-order valence-electron chi connectivity index (χ0n) is 16.2. The van der Waals surface area contributed by atoms with E-state index in [2.05, 4.69) is 39.1 Å². The Kier molecular flexibility index (Phi) is 5.74. The number of hydrogen-bond donors (Lipinski definition) is 2. The van der Waals surface area contributed by atoms with E-state index in [1.807, 2.05) is 18.2 Å². The minimum absolute atomic E-state index is 0.0445. The summed E-state index contributed by atoms with van der Waals surface area (Å²) in [7, 11) is 0. The summed E-state index contributed by atoms with van der Waals surface area (Å²) in [6.07, 6.45) is 0.967. The van der Waals surface area contributed by atoms with Crippen molar-refractivity contribution >= 4 is 34.5 Å². The van der Waals surface area contributed by atoms with Crippen LogP contribution in [0.2, 0.25) is 0 Å². The molecule has 1 aliphatic rings. The van der Waals surface area contributed by atoms with Gasteiger partial charge in [0.2, 0.25) is 11.8 Å². The Morgan fingerprint density at radius 3 is 2.38 bits per heavy atom. The smallest absolute Gasteiger partial charge is 0.238 e. The summed E-state index contributed by atoms with van der Waals surface area (Å²) in [5.41, 5.74) is 3.94. The minimum Gasteiger partial charge on any atom is -0.326 e. The van der Waals surface area contributed by atoms with E-state index in [1.165, 1.54) is 22.9 Å². The van der Waals surface area contributed by atoms with Crippen LogP contribution in [0.4, 0.5) is 11.4 Å². The number of hydrogen-bond acceptors (Lipinski definition) is 4. The molecular formula is C23H23N3O2S. The summed E-state index contributed by atoms with van der Waals surface area (Å²) in [4.78, 5) is 27.5. The van der Waals surface area contributed by atoms with Crippen LogP contribution in [0.15, 0.2) is 66.0 Å². The molecule has 0 saturated heterocycles. The van der Waals surface area contributed by atoms with E-state index in [0.717, 1.165) is 13.0 Å². The van der Waals surface area contributed by atoms with Crippen LogP contribution >= 0.6 is 11.3 Å². The van der Waals surface area contributed by atoms with Crippen LogP contribution in [0.25, 0.3) is 0 Å². The highest BCUT2D eigenvalue weighted by Crippen LogP contribution is 2.37. The Balaban J connectivity index is 1.47. The van der Waals surface area contributed by atoms with E-state index >= 15 is 0 Å². The predicted molar refractivity (Wildman–Crippen MR) is 117 cm³/mol. The lowest BCUT2D eigenvalue weighted by Crippen LogP contribution is -2.40. The zero-order chi connectivity index (χ0) is 20.2. The molecule has 2 N–H and O–H groups in total. The van der Waals surface area contributed by atoms with Crippen molar-refractivity contribution in [3.05, 3.63) is 82.0 Å². The van der Waals surface area contributed by atoms with Gasteiger partial charge in [0.15, 0.2) is 0 Å². The van der Waals surface area contributed by atoms with Gasteiger partial charge in [-0.2, -0.15) is 0 Å². The first-order valence-corrected chi connectivity index (χ1v) is 10.5. The van der Waals surface area contributed by atoms with Crippen LogP contribution in [0.1, 0.15) is 29.0 Å². The van der Waals surface area contributed by atoms with E-state index in [1.54, 1.807) is 35.6 Å². The molecule has 29 heavy (non-hydrogen) atoms. The van der Waals surface area contributed by atoms with Gasteiger partial charge < -0.3 is 10.6 Å². The van der Waals surface area contributed by atoms with Gasteiger partial charge in [0, 0.05) is 29.7 Å². The fourth-order valence-electron chi connectivity index (χ4n) is 3.79. The number of benzene rings is 2. The van der Waals surface area contributed by atoms with Crippen molar-refractivity contribution in [3.8, 4) is 0 Å². The quantitative estimate of drug-likeness (QED) is 0.666. The Morgan fingerprint density at radius 2 is 1.69 bits per heavy atom. The maximum Gasteiger partial charge on any atom is 0.238 e. The molecule has 0 unspecified atom stereocenters. The van der Waals surface area contributed by atoms with Gasteiger partial charge in [-0.1, -0.05) is 30.3 Å². The molecule has 1 aliphatic heterocycles. The first kappa shape index (κ1) is 19.4. The molecule has 2 amide bonds. The second-order valence-electron chi connectivity index (χ2n) is 7.14. The lowest BCUT2D eigenvalue weighted by Gasteiger charge is -2.35. The highest BCUT2D eigenvalue weighted by molar-refractivity contribution is 7.10. The lowest BCUT2D eigenvalue weighted by atomic mass is 9.93. The van der Waals surface area contributed by atoms with Gasteiger partial charge >= 0.3 is 0 Å². The molecule has 0 bridgehead atoms. The van der Waals surface area contributed by atoms with E-state index in [9.17, 15) is 9.59 Å². The van der Waals surface area contributed by atoms with Gasteiger partial charge in [-0.25, -0.2) is 0 Å². The summed E-state index contributed by atoms with van der Waals surface area (Å²) in [5, 5.41) is 7.83. The number of nitrogens with zero attached hydrogens (tertiary/aromatic N) is 1. The molecule has 0 spiro atoms. The van der Waals surface area contributed by atoms with E-state index in [0.29, 0.717) is 17.9 Å². The molecule has 4 rings (SSSR count). The van der Waals surface area contributed by atoms with Crippen LogP contribution in [0.3, 0.4) is 0 Å². The van der Waals surface area contributed by atoms with Crippen LogP contribution in [0, 0.1) is 0 Å². The van der Waals surface area contributed by atoms with Gasteiger partial charge in [-0.15, -0.1) is 11.3 Å². The van der Waals surface area contributed by atoms with Crippen molar-refractivity contribution < 1.29 is 9.59 Å². The third kappa shape index (κ3) is 4.55. The maximum absolute atomic E-state index is 12.8. The van der Waals surface area contributed by atoms with Crippen LogP contribution in [-0.2, 0) is 16.0 Å². The molecule has 3 aromatic rings. The van der Waals surface area contributed by atoms with E-state index in [4.69, 9.17) is 0 Å². The number of amides is 2. The Morgan fingerprint density at radius 1 is 1.00 bits per heavy atom. The molecule has 6 heteroatoms. The fraction of sp³-hybridized carbons (Fsp3) is 0.217. The molecule has 148 valence electrons. The number of nitrogens with one attached hydrogen (secondary N) is 2. The summed E-state index contributed by atoms with van der Waals surface area (Å²) >= 11 is 1.80. The molecule has 0 aliphatic carbocycles. The molecule has 2 aromatic carbocycles. The van der Waals surface area contributed by atoms with Crippen molar-refractivity contribution in [1.29, 1.82) is 0 Å². The number of carbonyl (C=O) groups excluding carboxylic acids is 2. The normalized spacial score (nSPS) is 16.1. The van der Waals surface area contributed by atoms with Crippen molar-refractivity contribution in [2.45, 2.75) is 19.4 Å². The SMILES string of the molecule is CC(=O)Nc1ccc(NC(=O)CN2CCc3sccc3[C@H]2c2ccccc2)cc1. The average molecular weight is 406 g/mol. The monoisotopic (exact) mass is 405 g/mol. The number of rotatable bonds is 5. The second kappa shape index (κ2) is 8.59. The Labute approximate surface area is 174 Å². The maximum atomic E-state index is 12.8. The summed E-state index contributed by atoms with van der Waals surface area (Å²) in [6, 6.07) is 19.8. The van der Waals surface area contributed by atoms with Crippen LogP contribution in [-0.4, -0.2) is 29.8 Å². The molecule has 0 fully saturated rings. The Bertz CT molecular complexity index is 998. The third-order valence-electron chi connectivity index (χ3n) is 5.02. The molecule has 0 saturated carbocycles. The minimum atomic E-state index is -0.119. The lowest BCUT2D eigenvalue weighted by molar-refractivity contribution is -0.118. The van der Waals surface area contributed by atoms with Gasteiger partial charge in [-0.05, 0) is 53.3 Å². The molecule has 5 nitrogen and oxygen atoms in total. The number of anilines is 2. The topological polar surface area (TPSA) is 61.4 Å². The molecular weight excluding hydrogens is 382 g/mol. The van der Waals surface area contributed by atoms with Crippen molar-refractivity contribution in [1.82, 2.24) is 4.90 Å². The van der Waals surface area contributed by atoms with Crippen LogP contribution in [0.5, 0.6) is 0 Å². The van der Waals surface area contributed by atoms with E-state index < -0.39 is 0 Å². The fourth-order valence-corrected chi connectivity index (χ4v) is 4.69. The molecule has 0 radical (unpaired) electrons.